The van der Waals surface area contributed by atoms with Crippen molar-refractivity contribution >= 4 is 0 Å². The Morgan fingerprint density at radius 3 is 2.61 bits per heavy atom. The summed E-state index contributed by atoms with van der Waals surface area (Å²) in [5.74, 6) is 2.16. The molecule has 1 aliphatic carbocycles. The van der Waals surface area contributed by atoms with Gasteiger partial charge >= 0.3 is 0 Å². The third kappa shape index (κ3) is 3.16. The van der Waals surface area contributed by atoms with E-state index in [1.807, 2.05) is 18.2 Å². The van der Waals surface area contributed by atoms with Crippen LogP contribution in [-0.2, 0) is 0 Å². The Morgan fingerprint density at radius 2 is 2.00 bits per heavy atom. The van der Waals surface area contributed by atoms with Gasteiger partial charge in [-0.15, -0.1) is 0 Å². The maximum atomic E-state index is 9.54. The molecule has 0 radical (unpaired) electrons. The van der Waals surface area contributed by atoms with Crippen LogP contribution in [0.5, 0.6) is 11.5 Å². The van der Waals surface area contributed by atoms with Gasteiger partial charge in [-0.3, -0.25) is 0 Å². The van der Waals surface area contributed by atoms with Crippen LogP contribution >= 0.6 is 0 Å². The van der Waals surface area contributed by atoms with Crippen LogP contribution in [0.2, 0.25) is 0 Å². The zero-order valence-corrected chi connectivity index (χ0v) is 11.2. The molecule has 1 aliphatic rings. The molecule has 1 fully saturated rings. The van der Waals surface area contributed by atoms with Crippen molar-refractivity contribution in [1.29, 1.82) is 0 Å². The lowest BCUT2D eigenvalue weighted by Crippen LogP contribution is -2.09. The molecule has 18 heavy (non-hydrogen) atoms. The number of ether oxygens (including phenoxy) is 2. The van der Waals surface area contributed by atoms with Crippen molar-refractivity contribution in [2.45, 2.75) is 38.7 Å². The van der Waals surface area contributed by atoms with Gasteiger partial charge in [0, 0.05) is 0 Å². The van der Waals surface area contributed by atoms with Gasteiger partial charge in [-0.25, -0.2) is 0 Å². The summed E-state index contributed by atoms with van der Waals surface area (Å²) in [5, 5.41) is 9.54. The van der Waals surface area contributed by atoms with Crippen molar-refractivity contribution in [1.82, 2.24) is 0 Å². The van der Waals surface area contributed by atoms with Gasteiger partial charge < -0.3 is 14.6 Å². The molecule has 0 saturated heterocycles. The topological polar surface area (TPSA) is 38.7 Å². The van der Waals surface area contributed by atoms with Crippen LogP contribution in [0.1, 0.15) is 44.3 Å². The molecule has 1 aromatic carbocycles. The number of aliphatic hydroxyl groups excluding tert-OH is 1. The lowest BCUT2D eigenvalue weighted by Gasteiger charge is -2.15. The predicted octanol–water partition coefficient (Wildman–Crippen LogP) is 3.32. The van der Waals surface area contributed by atoms with E-state index in [1.165, 1.54) is 25.7 Å². The number of hydrogen-bond acceptors (Lipinski definition) is 3. The number of rotatable bonds is 5. The lowest BCUT2D eigenvalue weighted by molar-refractivity contribution is 0.198. The second-order valence-corrected chi connectivity index (χ2v) is 5.05. The fraction of sp³-hybridized carbons (Fsp3) is 0.600. The molecule has 0 heterocycles. The second-order valence-electron chi connectivity index (χ2n) is 5.05. The van der Waals surface area contributed by atoms with Crippen LogP contribution in [0.4, 0.5) is 0 Å². The minimum Gasteiger partial charge on any atom is -0.493 e. The highest BCUT2D eigenvalue weighted by molar-refractivity contribution is 5.43. The van der Waals surface area contributed by atoms with Crippen molar-refractivity contribution in [3.63, 3.8) is 0 Å². The van der Waals surface area contributed by atoms with Gasteiger partial charge in [0.2, 0.25) is 0 Å². The standard InChI is InChI=1S/C15H22O3/c1-11(16)13-7-8-14(15(9-13)17-2)18-10-12-5-3-4-6-12/h7-9,11-12,16H,3-6,10H2,1-2H3. The highest BCUT2D eigenvalue weighted by Gasteiger charge is 2.16. The zero-order chi connectivity index (χ0) is 13.0. The van der Waals surface area contributed by atoms with E-state index in [-0.39, 0.29) is 0 Å². The molecule has 1 atom stereocenters. The molecule has 100 valence electrons. The van der Waals surface area contributed by atoms with E-state index < -0.39 is 6.10 Å². The van der Waals surface area contributed by atoms with Gasteiger partial charge in [-0.2, -0.15) is 0 Å². The summed E-state index contributed by atoms with van der Waals surface area (Å²) in [6.07, 6.45) is 4.71. The quantitative estimate of drug-likeness (QED) is 0.871. The van der Waals surface area contributed by atoms with Crippen LogP contribution in [0.25, 0.3) is 0 Å². The summed E-state index contributed by atoms with van der Waals surface area (Å²) in [6.45, 7) is 2.51. The summed E-state index contributed by atoms with van der Waals surface area (Å²) in [5.41, 5.74) is 0.847. The Balaban J connectivity index is 2.02. The van der Waals surface area contributed by atoms with Crippen LogP contribution in [0.3, 0.4) is 0 Å². The Kier molecular flexibility index (Phi) is 4.48. The molecule has 0 bridgehead atoms. The first-order valence-corrected chi connectivity index (χ1v) is 6.69. The number of hydrogen-bond donors (Lipinski definition) is 1. The van der Waals surface area contributed by atoms with E-state index in [4.69, 9.17) is 9.47 Å². The van der Waals surface area contributed by atoms with Gasteiger partial charge in [0.25, 0.3) is 0 Å². The Bertz CT molecular complexity index is 381. The van der Waals surface area contributed by atoms with Crippen LogP contribution < -0.4 is 9.47 Å². The summed E-state index contributed by atoms with van der Waals surface area (Å²) >= 11 is 0. The first-order valence-electron chi connectivity index (χ1n) is 6.69. The molecule has 1 saturated carbocycles. The van der Waals surface area contributed by atoms with Gasteiger partial charge in [-0.1, -0.05) is 18.9 Å². The highest BCUT2D eigenvalue weighted by Crippen LogP contribution is 2.32. The molecular weight excluding hydrogens is 228 g/mol. The minimum atomic E-state index is -0.484. The molecule has 3 nitrogen and oxygen atoms in total. The first kappa shape index (κ1) is 13.2. The number of aliphatic hydroxyl groups is 1. The van der Waals surface area contributed by atoms with Crippen LogP contribution in [0.15, 0.2) is 18.2 Å². The van der Waals surface area contributed by atoms with E-state index in [0.717, 1.165) is 17.9 Å². The summed E-state index contributed by atoms with van der Waals surface area (Å²) in [7, 11) is 1.63. The average Bonchev–Trinajstić information content (AvgIpc) is 2.89. The molecular formula is C15H22O3. The van der Waals surface area contributed by atoms with Gasteiger partial charge in [0.1, 0.15) is 0 Å². The molecule has 3 heteroatoms. The molecule has 2 rings (SSSR count). The van der Waals surface area contributed by atoms with E-state index in [1.54, 1.807) is 14.0 Å². The van der Waals surface area contributed by atoms with Crippen molar-refractivity contribution in [3.05, 3.63) is 23.8 Å². The lowest BCUT2D eigenvalue weighted by atomic mass is 10.1. The first-order chi connectivity index (χ1) is 8.70. The second kappa shape index (κ2) is 6.10. The maximum absolute atomic E-state index is 9.54. The average molecular weight is 250 g/mol. The Hall–Kier alpha value is -1.22. The third-order valence-corrected chi connectivity index (χ3v) is 3.62. The van der Waals surface area contributed by atoms with E-state index in [2.05, 4.69) is 0 Å². The molecule has 1 N–H and O–H groups in total. The van der Waals surface area contributed by atoms with Crippen LogP contribution in [0, 0.1) is 5.92 Å². The molecule has 0 aromatic heterocycles. The molecule has 1 aromatic rings. The van der Waals surface area contributed by atoms with Gasteiger partial charge in [-0.05, 0) is 43.4 Å². The number of benzene rings is 1. The SMILES string of the molecule is COc1cc(C(C)O)ccc1OCC1CCCC1. The molecule has 0 spiro atoms. The largest absolute Gasteiger partial charge is 0.493 e. The summed E-state index contributed by atoms with van der Waals surface area (Å²) < 4.78 is 11.2. The van der Waals surface area contributed by atoms with E-state index in [9.17, 15) is 5.11 Å². The third-order valence-electron chi connectivity index (χ3n) is 3.62. The van der Waals surface area contributed by atoms with Gasteiger partial charge in [0.05, 0.1) is 19.8 Å². The Labute approximate surface area is 109 Å². The molecule has 0 amide bonds. The number of methoxy groups -OCH3 is 1. The molecule has 0 aliphatic heterocycles. The van der Waals surface area contributed by atoms with Crippen molar-refractivity contribution in [3.8, 4) is 11.5 Å². The smallest absolute Gasteiger partial charge is 0.161 e. The molecule has 1 unspecified atom stereocenters. The van der Waals surface area contributed by atoms with Gasteiger partial charge in [0.15, 0.2) is 11.5 Å². The van der Waals surface area contributed by atoms with E-state index in [0.29, 0.717) is 11.7 Å². The normalized spacial score (nSPS) is 17.7. The zero-order valence-electron chi connectivity index (χ0n) is 11.2. The summed E-state index contributed by atoms with van der Waals surface area (Å²) in [6, 6.07) is 5.61. The van der Waals surface area contributed by atoms with Crippen molar-refractivity contribution < 1.29 is 14.6 Å². The van der Waals surface area contributed by atoms with Crippen molar-refractivity contribution in [2.24, 2.45) is 5.92 Å². The monoisotopic (exact) mass is 250 g/mol. The maximum Gasteiger partial charge on any atom is 0.161 e. The predicted molar refractivity (Wildman–Crippen MR) is 71.1 cm³/mol. The fourth-order valence-electron chi connectivity index (χ4n) is 2.45. The minimum absolute atomic E-state index is 0.484. The highest BCUT2D eigenvalue weighted by atomic mass is 16.5. The fourth-order valence-corrected chi connectivity index (χ4v) is 2.45. The van der Waals surface area contributed by atoms with E-state index >= 15 is 0 Å². The van der Waals surface area contributed by atoms with Crippen molar-refractivity contribution in [2.75, 3.05) is 13.7 Å². The van der Waals surface area contributed by atoms with Crippen LogP contribution in [-0.4, -0.2) is 18.8 Å². The summed E-state index contributed by atoms with van der Waals surface area (Å²) in [4.78, 5) is 0. The Morgan fingerprint density at radius 1 is 1.28 bits per heavy atom.